The fourth-order valence-electron chi connectivity index (χ4n) is 0.479. The summed E-state index contributed by atoms with van der Waals surface area (Å²) in [6.45, 7) is 3.41. The van der Waals surface area contributed by atoms with Crippen molar-refractivity contribution >= 4 is 6.09 Å². The molecule has 0 saturated heterocycles. The predicted molar refractivity (Wildman–Crippen MR) is 38.6 cm³/mol. The van der Waals surface area contributed by atoms with E-state index in [0.29, 0.717) is 6.42 Å². The fourth-order valence-corrected chi connectivity index (χ4v) is 0.479. The molecule has 1 amide bonds. The monoisotopic (exact) mass is 139 g/mol. The first kappa shape index (κ1) is 8.57. The van der Waals surface area contributed by atoms with E-state index >= 15 is 0 Å². The van der Waals surface area contributed by atoms with Gasteiger partial charge in [0.1, 0.15) is 0 Å². The first-order valence-electron chi connectivity index (χ1n) is 2.76. The molecule has 0 aromatic carbocycles. The number of rotatable bonds is 3. The molecule has 0 saturated carbocycles. The molecule has 0 spiro atoms. The third-order valence-electron chi connectivity index (χ3n) is 0.931. The predicted octanol–water partition coefficient (Wildman–Crippen LogP) is 0.832. The van der Waals surface area contributed by atoms with E-state index in [2.05, 4.69) is 17.8 Å². The second-order valence-corrected chi connectivity index (χ2v) is 1.70. The zero-order valence-electron chi connectivity index (χ0n) is 5.50. The first-order valence-corrected chi connectivity index (χ1v) is 2.76. The summed E-state index contributed by atoms with van der Waals surface area (Å²) in [5.74, 6) is 2.33. The Balaban J connectivity index is 3.73. The van der Waals surface area contributed by atoms with E-state index in [0.717, 1.165) is 0 Å². The van der Waals surface area contributed by atoms with Crippen LogP contribution in [0.4, 0.5) is 4.79 Å². The highest BCUT2D eigenvalue weighted by Crippen LogP contribution is 1.89. The molecule has 0 bridgehead atoms. The highest BCUT2D eigenvalue weighted by molar-refractivity contribution is 5.65. The number of carboxylic acid groups (broad SMARTS) is 1. The molecule has 0 heterocycles. The van der Waals surface area contributed by atoms with Crippen molar-refractivity contribution in [2.24, 2.45) is 0 Å². The molecule has 0 aromatic rings. The average Bonchev–Trinajstić information content (AvgIpc) is 1.86. The molecule has 1 unspecified atom stereocenters. The molecule has 0 fully saturated rings. The van der Waals surface area contributed by atoms with E-state index < -0.39 is 6.09 Å². The number of amides is 1. The lowest BCUT2D eigenvalue weighted by molar-refractivity contribution is 0.192. The molecule has 1 atom stereocenters. The van der Waals surface area contributed by atoms with Crippen LogP contribution in [0, 0.1) is 12.3 Å². The van der Waals surface area contributed by atoms with Gasteiger partial charge < -0.3 is 10.4 Å². The third-order valence-corrected chi connectivity index (χ3v) is 0.931. The van der Waals surface area contributed by atoms with Crippen molar-refractivity contribution in [3.8, 4) is 12.3 Å². The Hall–Kier alpha value is -1.43. The van der Waals surface area contributed by atoms with Crippen LogP contribution in [-0.2, 0) is 0 Å². The van der Waals surface area contributed by atoms with Crippen molar-refractivity contribution in [3.05, 3.63) is 12.7 Å². The molecule has 54 valence electrons. The molecule has 0 aliphatic carbocycles. The van der Waals surface area contributed by atoms with Gasteiger partial charge >= 0.3 is 6.09 Å². The maximum absolute atomic E-state index is 10.0. The molecule has 3 heteroatoms. The summed E-state index contributed by atoms with van der Waals surface area (Å²) >= 11 is 0. The molecule has 0 aromatic heterocycles. The molecular weight excluding hydrogens is 130 g/mol. The Labute approximate surface area is 59.7 Å². The van der Waals surface area contributed by atoms with Crippen LogP contribution in [0.15, 0.2) is 12.7 Å². The van der Waals surface area contributed by atoms with Gasteiger partial charge in [0.15, 0.2) is 0 Å². The van der Waals surface area contributed by atoms with Crippen LogP contribution in [0.2, 0.25) is 0 Å². The summed E-state index contributed by atoms with van der Waals surface area (Å²) in [7, 11) is 0. The minimum atomic E-state index is -1.08. The van der Waals surface area contributed by atoms with Crippen molar-refractivity contribution in [2.45, 2.75) is 12.5 Å². The molecule has 0 aliphatic heterocycles. The van der Waals surface area contributed by atoms with E-state index in [1.165, 1.54) is 6.08 Å². The minimum absolute atomic E-state index is 0.331. The summed E-state index contributed by atoms with van der Waals surface area (Å²) < 4.78 is 0. The van der Waals surface area contributed by atoms with Gasteiger partial charge in [-0.3, -0.25) is 0 Å². The van der Waals surface area contributed by atoms with Gasteiger partial charge in [0, 0.05) is 6.42 Å². The minimum Gasteiger partial charge on any atom is -0.465 e. The number of hydrogen-bond donors (Lipinski definition) is 2. The Morgan fingerprint density at radius 3 is 2.90 bits per heavy atom. The van der Waals surface area contributed by atoms with Gasteiger partial charge in [0.25, 0.3) is 0 Å². The zero-order valence-corrected chi connectivity index (χ0v) is 5.50. The Morgan fingerprint density at radius 1 is 2.00 bits per heavy atom. The quantitative estimate of drug-likeness (QED) is 0.449. The van der Waals surface area contributed by atoms with Crippen molar-refractivity contribution in [1.82, 2.24) is 5.32 Å². The Morgan fingerprint density at radius 2 is 2.60 bits per heavy atom. The molecule has 10 heavy (non-hydrogen) atoms. The van der Waals surface area contributed by atoms with Crippen LogP contribution in [0.1, 0.15) is 6.42 Å². The van der Waals surface area contributed by atoms with Crippen LogP contribution in [-0.4, -0.2) is 17.2 Å². The van der Waals surface area contributed by atoms with Crippen LogP contribution < -0.4 is 5.32 Å². The first-order chi connectivity index (χ1) is 4.70. The van der Waals surface area contributed by atoms with Crippen LogP contribution >= 0.6 is 0 Å². The Bertz CT molecular complexity index is 169. The largest absolute Gasteiger partial charge is 0.465 e. The van der Waals surface area contributed by atoms with Crippen molar-refractivity contribution in [3.63, 3.8) is 0 Å². The van der Waals surface area contributed by atoms with Gasteiger partial charge in [0.2, 0.25) is 0 Å². The maximum Gasteiger partial charge on any atom is 0.405 e. The van der Waals surface area contributed by atoms with E-state index in [9.17, 15) is 4.79 Å². The van der Waals surface area contributed by atoms with Crippen LogP contribution in [0.25, 0.3) is 0 Å². The van der Waals surface area contributed by atoms with Crippen LogP contribution in [0.5, 0.6) is 0 Å². The normalized spacial score (nSPS) is 11.1. The lowest BCUT2D eigenvalue weighted by Gasteiger charge is -2.06. The molecule has 2 N–H and O–H groups in total. The molecular formula is C7H9NO2. The van der Waals surface area contributed by atoms with E-state index in [-0.39, 0.29) is 6.04 Å². The highest BCUT2D eigenvalue weighted by Gasteiger charge is 2.03. The van der Waals surface area contributed by atoms with Gasteiger partial charge in [-0.15, -0.1) is 18.9 Å². The molecule has 0 radical (unpaired) electrons. The standard InChI is InChI=1S/C7H9NO2/c1-3-5-6(4-2)8-7(9)10/h1,4,6,8H,2,5H2,(H,9,10). The SMILES string of the molecule is C#CCC(C=C)NC(=O)O. The lowest BCUT2D eigenvalue weighted by Crippen LogP contribution is -2.31. The summed E-state index contributed by atoms with van der Waals surface area (Å²) in [4.78, 5) is 10.0. The van der Waals surface area contributed by atoms with Gasteiger partial charge in [-0.2, -0.15) is 0 Å². The average molecular weight is 139 g/mol. The number of hydrogen-bond acceptors (Lipinski definition) is 1. The summed E-state index contributed by atoms with van der Waals surface area (Å²) in [6, 6.07) is -0.331. The molecule has 0 aliphatic rings. The number of terminal acetylenes is 1. The van der Waals surface area contributed by atoms with E-state index in [1.54, 1.807) is 0 Å². The fraction of sp³-hybridized carbons (Fsp3) is 0.286. The van der Waals surface area contributed by atoms with Gasteiger partial charge in [-0.05, 0) is 0 Å². The zero-order chi connectivity index (χ0) is 7.98. The van der Waals surface area contributed by atoms with Gasteiger partial charge in [-0.25, -0.2) is 4.79 Å². The highest BCUT2D eigenvalue weighted by atomic mass is 16.4. The number of carbonyl (C=O) groups is 1. The van der Waals surface area contributed by atoms with E-state index in [1.807, 2.05) is 0 Å². The second kappa shape index (κ2) is 4.45. The van der Waals surface area contributed by atoms with Gasteiger partial charge in [0.05, 0.1) is 6.04 Å². The van der Waals surface area contributed by atoms with Gasteiger partial charge in [-0.1, -0.05) is 6.08 Å². The van der Waals surface area contributed by atoms with Crippen molar-refractivity contribution < 1.29 is 9.90 Å². The lowest BCUT2D eigenvalue weighted by atomic mass is 10.2. The third kappa shape index (κ3) is 3.56. The maximum atomic E-state index is 10.0. The number of nitrogens with one attached hydrogen (secondary N) is 1. The summed E-state index contributed by atoms with van der Waals surface area (Å²) in [5.41, 5.74) is 0. The molecule has 3 nitrogen and oxygen atoms in total. The Kier molecular flexibility index (Phi) is 3.81. The van der Waals surface area contributed by atoms with Crippen molar-refractivity contribution in [2.75, 3.05) is 0 Å². The van der Waals surface area contributed by atoms with Crippen molar-refractivity contribution in [1.29, 1.82) is 0 Å². The summed E-state index contributed by atoms with van der Waals surface area (Å²) in [6.07, 6.45) is 5.68. The van der Waals surface area contributed by atoms with E-state index in [4.69, 9.17) is 11.5 Å². The second-order valence-electron chi connectivity index (χ2n) is 1.70. The summed E-state index contributed by atoms with van der Waals surface area (Å²) in [5, 5.41) is 10.4. The molecule has 0 rings (SSSR count). The van der Waals surface area contributed by atoms with Crippen LogP contribution in [0.3, 0.4) is 0 Å². The smallest absolute Gasteiger partial charge is 0.405 e. The topological polar surface area (TPSA) is 49.3 Å².